The van der Waals surface area contributed by atoms with Gasteiger partial charge in [-0.25, -0.2) is 4.99 Å². The maximum atomic E-state index is 11.9. The first-order valence-electron chi connectivity index (χ1n) is 8.21. The molecule has 0 spiro atoms. The number of nitrogens with zero attached hydrogens (tertiary/aromatic N) is 2. The molecule has 1 aliphatic heterocycles. The zero-order chi connectivity index (χ0) is 16.8. The number of carbonyl (C=O) groups is 1. The highest BCUT2D eigenvalue weighted by molar-refractivity contribution is 5.82. The van der Waals surface area contributed by atoms with Crippen LogP contribution < -0.4 is 5.32 Å². The van der Waals surface area contributed by atoms with E-state index in [0.717, 1.165) is 19.0 Å². The average Bonchev–Trinajstić information content (AvgIpc) is 2.92. The topological polar surface area (TPSA) is 53.9 Å². The molecule has 1 saturated heterocycles. The Morgan fingerprint density at radius 1 is 1.43 bits per heavy atom. The van der Waals surface area contributed by atoms with Gasteiger partial charge in [0.2, 0.25) is 0 Å². The Kier molecular flexibility index (Phi) is 6.02. The van der Waals surface area contributed by atoms with E-state index < -0.39 is 0 Å². The van der Waals surface area contributed by atoms with Gasteiger partial charge in [0, 0.05) is 19.6 Å². The maximum absolute atomic E-state index is 11.9. The van der Waals surface area contributed by atoms with Gasteiger partial charge < -0.3 is 15.0 Å². The number of esters is 1. The Morgan fingerprint density at radius 3 is 2.87 bits per heavy atom. The molecule has 0 bridgehead atoms. The number of guanidine groups is 1. The lowest BCUT2D eigenvalue weighted by Crippen LogP contribution is -2.40. The third-order valence-electron chi connectivity index (χ3n) is 4.24. The minimum atomic E-state index is -0.130. The molecule has 5 nitrogen and oxygen atoms in total. The molecule has 2 rings (SSSR count). The number of ether oxygens (including phenoxy) is 1. The Balaban J connectivity index is 2.09. The summed E-state index contributed by atoms with van der Waals surface area (Å²) >= 11 is 0. The van der Waals surface area contributed by atoms with Crippen LogP contribution in [0.5, 0.6) is 0 Å². The molecular weight excluding hydrogens is 290 g/mol. The quantitative estimate of drug-likeness (QED) is 0.525. The van der Waals surface area contributed by atoms with Gasteiger partial charge in [0.1, 0.15) is 0 Å². The van der Waals surface area contributed by atoms with E-state index in [4.69, 9.17) is 9.73 Å². The van der Waals surface area contributed by atoms with Crippen LogP contribution in [0.4, 0.5) is 0 Å². The molecule has 0 aromatic heterocycles. The fraction of sp³-hybridized carbons (Fsp3) is 0.556. The van der Waals surface area contributed by atoms with E-state index >= 15 is 0 Å². The summed E-state index contributed by atoms with van der Waals surface area (Å²) in [5.74, 6) is 0.926. The number of hydrogen-bond donors (Lipinski definition) is 1. The van der Waals surface area contributed by atoms with Crippen molar-refractivity contribution in [3.8, 4) is 0 Å². The van der Waals surface area contributed by atoms with Crippen molar-refractivity contribution in [2.75, 3.05) is 26.7 Å². The first-order valence-corrected chi connectivity index (χ1v) is 8.21. The van der Waals surface area contributed by atoms with Crippen molar-refractivity contribution >= 4 is 11.9 Å². The summed E-state index contributed by atoms with van der Waals surface area (Å²) in [5.41, 5.74) is 2.43. The van der Waals surface area contributed by atoms with Gasteiger partial charge >= 0.3 is 5.97 Å². The van der Waals surface area contributed by atoms with E-state index in [0.29, 0.717) is 13.1 Å². The molecular formula is C18H27N3O2. The summed E-state index contributed by atoms with van der Waals surface area (Å²) < 4.78 is 4.91. The molecule has 5 heteroatoms. The summed E-state index contributed by atoms with van der Waals surface area (Å²) in [6.45, 7) is 9.15. The summed E-state index contributed by atoms with van der Waals surface area (Å²) in [6, 6.07) is 8.38. The van der Waals surface area contributed by atoms with Crippen LogP contribution in [0.2, 0.25) is 0 Å². The van der Waals surface area contributed by atoms with E-state index in [-0.39, 0.29) is 17.8 Å². The fourth-order valence-electron chi connectivity index (χ4n) is 3.00. The van der Waals surface area contributed by atoms with Gasteiger partial charge in [-0.3, -0.25) is 4.79 Å². The minimum absolute atomic E-state index is 0.0807. The van der Waals surface area contributed by atoms with Crippen LogP contribution in [0, 0.1) is 18.8 Å². The maximum Gasteiger partial charge on any atom is 0.310 e. The number of aryl methyl sites for hydroxylation is 1. The number of likely N-dealkylation sites (tertiary alicyclic amines) is 1. The van der Waals surface area contributed by atoms with Crippen molar-refractivity contribution in [1.29, 1.82) is 0 Å². The second-order valence-electron chi connectivity index (χ2n) is 6.17. The van der Waals surface area contributed by atoms with Gasteiger partial charge in [0.25, 0.3) is 0 Å². The molecule has 0 saturated carbocycles. The first kappa shape index (κ1) is 17.3. The van der Waals surface area contributed by atoms with Gasteiger partial charge in [0.15, 0.2) is 5.96 Å². The summed E-state index contributed by atoms with van der Waals surface area (Å²) in [7, 11) is 1.45. The standard InChI is InChI=1S/C18H27N3O2/c1-5-19-18(20-10-15-8-6-7-13(2)9-15)21-11-14(3)16(12-21)17(22)23-4/h6-9,14,16H,5,10-12H2,1-4H3,(H,19,20). The van der Waals surface area contributed by atoms with Crippen LogP contribution in [-0.2, 0) is 16.1 Å². The lowest BCUT2D eigenvalue weighted by atomic mass is 9.99. The minimum Gasteiger partial charge on any atom is -0.469 e. The van der Waals surface area contributed by atoms with Gasteiger partial charge in [-0.1, -0.05) is 36.8 Å². The lowest BCUT2D eigenvalue weighted by Gasteiger charge is -2.21. The number of nitrogens with one attached hydrogen (secondary N) is 1. The number of methoxy groups -OCH3 is 1. The molecule has 1 aromatic carbocycles. The highest BCUT2D eigenvalue weighted by atomic mass is 16.5. The number of carbonyl (C=O) groups excluding carboxylic acids is 1. The predicted molar refractivity (Wildman–Crippen MR) is 92.2 cm³/mol. The Morgan fingerprint density at radius 2 is 2.22 bits per heavy atom. The van der Waals surface area contributed by atoms with Crippen molar-refractivity contribution in [1.82, 2.24) is 10.2 Å². The Hall–Kier alpha value is -2.04. The van der Waals surface area contributed by atoms with Crippen LogP contribution in [0.25, 0.3) is 0 Å². The van der Waals surface area contributed by atoms with Gasteiger partial charge in [-0.05, 0) is 25.3 Å². The third kappa shape index (κ3) is 4.47. The van der Waals surface area contributed by atoms with Gasteiger partial charge in [0.05, 0.1) is 19.6 Å². The van der Waals surface area contributed by atoms with Crippen LogP contribution in [0.15, 0.2) is 29.3 Å². The predicted octanol–water partition coefficient (Wildman–Crippen LogP) is 2.20. The Labute approximate surface area is 138 Å². The number of rotatable bonds is 4. The van der Waals surface area contributed by atoms with E-state index in [1.54, 1.807) is 0 Å². The van der Waals surface area contributed by atoms with E-state index in [1.165, 1.54) is 18.2 Å². The summed E-state index contributed by atoms with van der Waals surface area (Å²) in [4.78, 5) is 18.8. The lowest BCUT2D eigenvalue weighted by molar-refractivity contribution is -0.145. The summed E-state index contributed by atoms with van der Waals surface area (Å²) in [5, 5.41) is 3.33. The zero-order valence-electron chi connectivity index (χ0n) is 14.5. The number of hydrogen-bond acceptors (Lipinski definition) is 3. The Bertz CT molecular complexity index is 571. The molecule has 0 aliphatic carbocycles. The smallest absolute Gasteiger partial charge is 0.310 e. The molecule has 23 heavy (non-hydrogen) atoms. The van der Waals surface area contributed by atoms with Gasteiger partial charge in [-0.2, -0.15) is 0 Å². The van der Waals surface area contributed by atoms with Crippen molar-refractivity contribution < 1.29 is 9.53 Å². The highest BCUT2D eigenvalue weighted by Crippen LogP contribution is 2.24. The molecule has 1 heterocycles. The molecule has 126 valence electrons. The molecule has 1 aliphatic rings. The second-order valence-corrected chi connectivity index (χ2v) is 6.17. The van der Waals surface area contributed by atoms with Crippen LogP contribution in [0.1, 0.15) is 25.0 Å². The van der Waals surface area contributed by atoms with Gasteiger partial charge in [-0.15, -0.1) is 0 Å². The third-order valence-corrected chi connectivity index (χ3v) is 4.24. The van der Waals surface area contributed by atoms with E-state index in [1.807, 2.05) is 0 Å². The summed E-state index contributed by atoms with van der Waals surface area (Å²) in [6.07, 6.45) is 0. The zero-order valence-corrected chi connectivity index (χ0v) is 14.5. The first-order chi connectivity index (χ1) is 11.0. The van der Waals surface area contributed by atoms with Crippen molar-refractivity contribution in [3.63, 3.8) is 0 Å². The van der Waals surface area contributed by atoms with Crippen LogP contribution >= 0.6 is 0 Å². The van der Waals surface area contributed by atoms with E-state index in [2.05, 4.69) is 55.3 Å². The van der Waals surface area contributed by atoms with Crippen molar-refractivity contribution in [2.24, 2.45) is 16.8 Å². The van der Waals surface area contributed by atoms with Crippen LogP contribution in [0.3, 0.4) is 0 Å². The molecule has 2 atom stereocenters. The number of benzene rings is 1. The average molecular weight is 317 g/mol. The van der Waals surface area contributed by atoms with Crippen molar-refractivity contribution in [2.45, 2.75) is 27.3 Å². The van der Waals surface area contributed by atoms with Crippen molar-refractivity contribution in [3.05, 3.63) is 35.4 Å². The number of aliphatic imine (C=N–C) groups is 1. The molecule has 1 fully saturated rings. The molecule has 2 unspecified atom stereocenters. The van der Waals surface area contributed by atoms with Crippen LogP contribution in [-0.4, -0.2) is 43.6 Å². The normalized spacial score (nSPS) is 21.4. The fourth-order valence-corrected chi connectivity index (χ4v) is 3.00. The SMILES string of the molecule is CCNC(=NCc1cccc(C)c1)N1CC(C)C(C(=O)OC)C1. The second kappa shape index (κ2) is 7.99. The molecule has 0 radical (unpaired) electrons. The largest absolute Gasteiger partial charge is 0.469 e. The molecule has 1 aromatic rings. The van der Waals surface area contributed by atoms with E-state index in [9.17, 15) is 4.79 Å². The highest BCUT2D eigenvalue weighted by Gasteiger charge is 2.36. The molecule has 1 N–H and O–H groups in total. The molecule has 0 amide bonds. The monoisotopic (exact) mass is 317 g/mol.